The van der Waals surface area contributed by atoms with Gasteiger partial charge >= 0.3 is 0 Å². The summed E-state index contributed by atoms with van der Waals surface area (Å²) in [6.45, 7) is 4.04. The number of carbonyl (C=O) groups excluding carboxylic acids is 1. The minimum Gasteiger partial charge on any atom is -0.310 e. The summed E-state index contributed by atoms with van der Waals surface area (Å²) in [5, 5.41) is 8.55. The molecule has 0 saturated carbocycles. The van der Waals surface area contributed by atoms with E-state index >= 15 is 0 Å². The number of nitrogens with zero attached hydrogens (tertiary/aromatic N) is 2. The Morgan fingerprint density at radius 2 is 1.88 bits per heavy atom. The molecule has 0 radical (unpaired) electrons. The van der Waals surface area contributed by atoms with Gasteiger partial charge in [0, 0.05) is 10.6 Å². The number of carbonyl (C=O) groups is 1. The van der Waals surface area contributed by atoms with Crippen LogP contribution in [0.15, 0.2) is 48.5 Å². The molecule has 0 saturated heterocycles. The van der Waals surface area contributed by atoms with Gasteiger partial charge in [0.05, 0.1) is 22.4 Å². The van der Waals surface area contributed by atoms with Gasteiger partial charge in [-0.1, -0.05) is 41.9 Å². The van der Waals surface area contributed by atoms with E-state index in [1.54, 1.807) is 11.8 Å². The van der Waals surface area contributed by atoms with Crippen molar-refractivity contribution >= 4 is 35.1 Å². The average Bonchev–Trinajstić information content (AvgIpc) is 2.82. The molecule has 2 heterocycles. The number of rotatable bonds is 2. The van der Waals surface area contributed by atoms with E-state index in [2.05, 4.69) is 5.32 Å². The van der Waals surface area contributed by atoms with Gasteiger partial charge in [-0.2, -0.15) is 5.10 Å². The van der Waals surface area contributed by atoms with Crippen molar-refractivity contribution in [1.82, 2.24) is 9.78 Å². The molecule has 0 fully saturated rings. The number of aromatic nitrogens is 2. The lowest BCUT2D eigenvalue weighted by molar-refractivity contribution is -0.113. The molecule has 3 aromatic rings. The molecule has 6 heteroatoms. The zero-order chi connectivity index (χ0) is 18.3. The highest BCUT2D eigenvalue weighted by atomic mass is 35.5. The van der Waals surface area contributed by atoms with Crippen LogP contribution in [-0.2, 0) is 4.79 Å². The van der Waals surface area contributed by atoms with Crippen molar-refractivity contribution < 1.29 is 4.79 Å². The quantitative estimate of drug-likeness (QED) is 0.683. The number of amides is 1. The molecule has 2 aromatic carbocycles. The Morgan fingerprint density at radius 3 is 2.62 bits per heavy atom. The van der Waals surface area contributed by atoms with Crippen LogP contribution in [0.2, 0.25) is 5.02 Å². The fourth-order valence-corrected chi connectivity index (χ4v) is 4.57. The highest BCUT2D eigenvalue weighted by Crippen LogP contribution is 2.44. The van der Waals surface area contributed by atoms with E-state index < -0.39 is 0 Å². The van der Waals surface area contributed by atoms with Gasteiger partial charge in [0.1, 0.15) is 5.82 Å². The minimum absolute atomic E-state index is 0.0116. The zero-order valence-electron chi connectivity index (χ0n) is 14.5. The minimum atomic E-state index is -0.0116. The van der Waals surface area contributed by atoms with Gasteiger partial charge in [-0.05, 0) is 43.2 Å². The number of aryl methyl sites for hydroxylation is 2. The Kier molecular flexibility index (Phi) is 4.51. The summed E-state index contributed by atoms with van der Waals surface area (Å²) in [5.41, 5.74) is 5.15. The van der Waals surface area contributed by atoms with E-state index in [1.807, 2.05) is 67.1 Å². The van der Waals surface area contributed by atoms with E-state index in [-0.39, 0.29) is 11.2 Å². The van der Waals surface area contributed by atoms with E-state index in [1.165, 1.54) is 0 Å². The summed E-state index contributed by atoms with van der Waals surface area (Å²) in [7, 11) is 0. The molecule has 1 N–H and O–H groups in total. The fraction of sp³-hybridized carbons (Fsp3) is 0.200. The molecule has 4 nitrogen and oxygen atoms in total. The number of fused-ring (bicyclic) bond motifs is 1. The van der Waals surface area contributed by atoms with Crippen LogP contribution in [0.25, 0.3) is 5.69 Å². The molecule has 0 bridgehead atoms. The van der Waals surface area contributed by atoms with E-state index in [0.29, 0.717) is 10.8 Å². The lowest BCUT2D eigenvalue weighted by Gasteiger charge is -2.15. The van der Waals surface area contributed by atoms with Crippen molar-refractivity contribution in [2.24, 2.45) is 0 Å². The molecule has 26 heavy (non-hydrogen) atoms. The predicted octanol–water partition coefficient (Wildman–Crippen LogP) is 4.92. The van der Waals surface area contributed by atoms with E-state index in [0.717, 1.165) is 33.9 Å². The monoisotopic (exact) mass is 383 g/mol. The van der Waals surface area contributed by atoms with Crippen LogP contribution in [0.4, 0.5) is 5.82 Å². The maximum atomic E-state index is 12.4. The third-order valence-electron chi connectivity index (χ3n) is 4.52. The molecular formula is C20H18ClN3OS. The SMILES string of the molecule is Cc1ccccc1-n1nc(C)c2c1NC(=O)CS[C@@H]2c1ccc(Cl)cc1. The van der Waals surface area contributed by atoms with Gasteiger partial charge in [-0.15, -0.1) is 11.8 Å². The second kappa shape index (κ2) is 6.82. The molecule has 1 amide bonds. The predicted molar refractivity (Wildman–Crippen MR) is 107 cm³/mol. The van der Waals surface area contributed by atoms with Crippen molar-refractivity contribution in [3.63, 3.8) is 0 Å². The maximum Gasteiger partial charge on any atom is 0.235 e. The number of hydrogen-bond acceptors (Lipinski definition) is 3. The van der Waals surface area contributed by atoms with Crippen LogP contribution in [0.5, 0.6) is 0 Å². The number of anilines is 1. The van der Waals surface area contributed by atoms with Gasteiger partial charge in [0.15, 0.2) is 0 Å². The largest absolute Gasteiger partial charge is 0.310 e. The van der Waals surface area contributed by atoms with Crippen LogP contribution >= 0.6 is 23.4 Å². The first-order chi connectivity index (χ1) is 12.5. The Bertz CT molecular complexity index is 981. The van der Waals surface area contributed by atoms with E-state index in [4.69, 9.17) is 16.7 Å². The van der Waals surface area contributed by atoms with Crippen LogP contribution in [0, 0.1) is 13.8 Å². The van der Waals surface area contributed by atoms with Gasteiger partial charge in [0.25, 0.3) is 0 Å². The fourth-order valence-electron chi connectivity index (χ4n) is 3.26. The molecule has 1 aliphatic heterocycles. The molecule has 1 aliphatic rings. The maximum absolute atomic E-state index is 12.4. The smallest absolute Gasteiger partial charge is 0.235 e. The third kappa shape index (κ3) is 3.02. The van der Waals surface area contributed by atoms with E-state index in [9.17, 15) is 4.79 Å². The topological polar surface area (TPSA) is 46.9 Å². The first-order valence-electron chi connectivity index (χ1n) is 8.37. The van der Waals surface area contributed by atoms with Gasteiger partial charge < -0.3 is 5.32 Å². The number of hydrogen-bond donors (Lipinski definition) is 1. The van der Waals surface area contributed by atoms with Crippen molar-refractivity contribution in [3.05, 3.63) is 75.9 Å². The summed E-state index contributed by atoms with van der Waals surface area (Å²) in [6.07, 6.45) is 0. The standard InChI is InChI=1S/C20H18ClN3OS/c1-12-5-3-4-6-16(12)24-20-18(13(2)23-24)19(26-11-17(25)22-20)14-7-9-15(21)10-8-14/h3-10,19H,11H2,1-2H3,(H,22,25)/t19-/m1/s1. The van der Waals surface area contributed by atoms with Crippen molar-refractivity contribution in [2.75, 3.05) is 11.1 Å². The number of para-hydroxylation sites is 1. The first kappa shape index (κ1) is 17.2. The van der Waals surface area contributed by atoms with Gasteiger partial charge in [-0.25, -0.2) is 4.68 Å². The summed E-state index contributed by atoms with van der Waals surface area (Å²) in [4.78, 5) is 12.4. The van der Waals surface area contributed by atoms with Crippen LogP contribution < -0.4 is 5.32 Å². The molecular weight excluding hydrogens is 366 g/mol. The normalized spacial score (nSPS) is 16.7. The number of thioether (sulfide) groups is 1. The van der Waals surface area contributed by atoms with Gasteiger partial charge in [-0.3, -0.25) is 4.79 Å². The van der Waals surface area contributed by atoms with Crippen LogP contribution in [0.1, 0.15) is 27.6 Å². The first-order valence-corrected chi connectivity index (χ1v) is 9.79. The lowest BCUT2D eigenvalue weighted by atomic mass is 10.0. The second-order valence-corrected chi connectivity index (χ2v) is 7.87. The highest BCUT2D eigenvalue weighted by Gasteiger charge is 2.30. The lowest BCUT2D eigenvalue weighted by Crippen LogP contribution is -2.16. The van der Waals surface area contributed by atoms with Gasteiger partial charge in [0.2, 0.25) is 5.91 Å². The number of benzene rings is 2. The Hall–Kier alpha value is -2.24. The number of halogens is 1. The molecule has 0 unspecified atom stereocenters. The summed E-state index contributed by atoms with van der Waals surface area (Å²) in [6, 6.07) is 15.9. The van der Waals surface area contributed by atoms with Crippen LogP contribution in [-0.4, -0.2) is 21.4 Å². The Balaban J connectivity index is 1.91. The Labute approximate surface area is 161 Å². The summed E-state index contributed by atoms with van der Waals surface area (Å²) in [5.74, 6) is 1.14. The highest BCUT2D eigenvalue weighted by molar-refractivity contribution is 8.00. The summed E-state index contributed by atoms with van der Waals surface area (Å²) < 4.78 is 1.85. The molecule has 4 rings (SSSR count). The second-order valence-electron chi connectivity index (χ2n) is 6.34. The molecule has 0 aliphatic carbocycles. The molecule has 132 valence electrons. The van der Waals surface area contributed by atoms with Crippen LogP contribution in [0.3, 0.4) is 0 Å². The van der Waals surface area contributed by atoms with Crippen molar-refractivity contribution in [3.8, 4) is 5.69 Å². The average molecular weight is 384 g/mol. The Morgan fingerprint density at radius 1 is 1.15 bits per heavy atom. The molecule has 0 spiro atoms. The molecule has 1 atom stereocenters. The zero-order valence-corrected chi connectivity index (χ0v) is 16.1. The molecule has 1 aromatic heterocycles. The number of nitrogens with one attached hydrogen (secondary N) is 1. The van der Waals surface area contributed by atoms with Crippen molar-refractivity contribution in [1.29, 1.82) is 0 Å². The third-order valence-corrected chi connectivity index (χ3v) is 6.05. The summed E-state index contributed by atoms with van der Waals surface area (Å²) >= 11 is 7.66. The van der Waals surface area contributed by atoms with Crippen molar-refractivity contribution in [2.45, 2.75) is 19.1 Å².